The summed E-state index contributed by atoms with van der Waals surface area (Å²) in [6.07, 6.45) is 0. The molecule has 108 valence electrons. The van der Waals surface area contributed by atoms with Gasteiger partial charge in [0.2, 0.25) is 5.75 Å². The molecule has 4 N–H and O–H groups in total. The van der Waals surface area contributed by atoms with Crippen LogP contribution in [0.1, 0.15) is 0 Å². The zero-order valence-electron chi connectivity index (χ0n) is 10.6. The summed E-state index contributed by atoms with van der Waals surface area (Å²) in [5.74, 6) is -0.488. The van der Waals surface area contributed by atoms with E-state index in [1.807, 2.05) is 0 Å². The normalized spacial score (nSPS) is 10.3. The Morgan fingerprint density at radius 2 is 1.48 bits per heavy atom. The van der Waals surface area contributed by atoms with Gasteiger partial charge in [0, 0.05) is 12.1 Å². The Bertz CT molecular complexity index is 817. The molecule has 1 aromatic heterocycles. The zero-order chi connectivity index (χ0) is 14.3. The van der Waals surface area contributed by atoms with Crippen molar-refractivity contribution in [2.24, 2.45) is 0 Å². The largest absolute Gasteiger partial charge is 1.00 e. The van der Waals surface area contributed by atoms with Crippen molar-refractivity contribution in [2.75, 3.05) is 0 Å². The summed E-state index contributed by atoms with van der Waals surface area (Å²) in [6, 6.07) is 10.1. The summed E-state index contributed by atoms with van der Waals surface area (Å²) in [6.45, 7) is 0. The third-order valence-corrected chi connectivity index (χ3v) is 2.97. The lowest BCUT2D eigenvalue weighted by Crippen LogP contribution is -3.00. The van der Waals surface area contributed by atoms with E-state index in [1.165, 1.54) is 36.4 Å². The molecule has 0 fully saturated rings. The highest BCUT2D eigenvalue weighted by atomic mass is 35.5. The number of rotatable bonds is 1. The van der Waals surface area contributed by atoms with Crippen LogP contribution in [-0.4, -0.2) is 20.4 Å². The molecule has 0 aliphatic heterocycles. The van der Waals surface area contributed by atoms with E-state index in [2.05, 4.69) is 0 Å². The molecule has 0 saturated carbocycles. The van der Waals surface area contributed by atoms with Gasteiger partial charge in [-0.05, 0) is 24.3 Å². The third kappa shape index (κ3) is 2.64. The van der Waals surface area contributed by atoms with Crippen LogP contribution in [0.25, 0.3) is 22.3 Å². The zero-order valence-corrected chi connectivity index (χ0v) is 11.4. The van der Waals surface area contributed by atoms with Crippen LogP contribution in [0, 0.1) is 0 Å². The summed E-state index contributed by atoms with van der Waals surface area (Å²) >= 11 is 0. The van der Waals surface area contributed by atoms with Crippen molar-refractivity contribution in [2.45, 2.75) is 0 Å². The SMILES string of the molecule is Oc1ccc2cc(O)c(-c3ccc(O)c(O)c3)[o+]c2c1.[Cl-]. The van der Waals surface area contributed by atoms with E-state index in [0.717, 1.165) is 0 Å². The van der Waals surface area contributed by atoms with E-state index in [1.54, 1.807) is 6.07 Å². The molecule has 1 heterocycles. The van der Waals surface area contributed by atoms with Crippen LogP contribution in [0.4, 0.5) is 0 Å². The van der Waals surface area contributed by atoms with Gasteiger partial charge in [0.1, 0.15) is 5.75 Å². The molecular weight excluding hydrogens is 296 g/mol. The summed E-state index contributed by atoms with van der Waals surface area (Å²) in [7, 11) is 0. The number of aromatic hydroxyl groups is 4. The predicted molar refractivity (Wildman–Crippen MR) is 72.7 cm³/mol. The van der Waals surface area contributed by atoms with E-state index in [-0.39, 0.29) is 41.2 Å². The lowest BCUT2D eigenvalue weighted by Gasteiger charge is -1.99. The maximum absolute atomic E-state index is 9.99. The Morgan fingerprint density at radius 1 is 0.714 bits per heavy atom. The third-order valence-electron chi connectivity index (χ3n) is 2.97. The van der Waals surface area contributed by atoms with Gasteiger partial charge in [0.15, 0.2) is 11.5 Å². The Morgan fingerprint density at radius 3 is 2.19 bits per heavy atom. The minimum absolute atomic E-state index is 0. The lowest BCUT2D eigenvalue weighted by molar-refractivity contribution is -0.00000815. The van der Waals surface area contributed by atoms with Crippen LogP contribution in [0.3, 0.4) is 0 Å². The van der Waals surface area contributed by atoms with Crippen molar-refractivity contribution >= 4 is 11.0 Å². The van der Waals surface area contributed by atoms with Gasteiger partial charge >= 0.3 is 11.3 Å². The van der Waals surface area contributed by atoms with Gasteiger partial charge in [-0.15, -0.1) is 0 Å². The second kappa shape index (κ2) is 5.38. The summed E-state index contributed by atoms with van der Waals surface area (Å²) in [4.78, 5) is 0. The molecule has 5 nitrogen and oxygen atoms in total. The fourth-order valence-electron chi connectivity index (χ4n) is 1.98. The van der Waals surface area contributed by atoms with Crippen LogP contribution in [0.15, 0.2) is 46.9 Å². The topological polar surface area (TPSA) is 92.2 Å². The molecule has 0 aliphatic carbocycles. The predicted octanol–water partition coefficient (Wildman–Crippen LogP) is 0.207. The number of fused-ring (bicyclic) bond motifs is 1. The van der Waals surface area contributed by atoms with Crippen LogP contribution in [-0.2, 0) is 0 Å². The van der Waals surface area contributed by atoms with Crippen LogP contribution in [0.2, 0.25) is 0 Å². The molecule has 6 heteroatoms. The first-order valence-electron chi connectivity index (χ1n) is 5.86. The van der Waals surface area contributed by atoms with Crippen molar-refractivity contribution in [3.05, 3.63) is 42.5 Å². The molecule has 0 unspecified atom stereocenters. The molecule has 0 atom stereocenters. The van der Waals surface area contributed by atoms with Gasteiger partial charge in [0.05, 0.1) is 17.0 Å². The molecule has 0 aliphatic rings. The van der Waals surface area contributed by atoms with E-state index in [0.29, 0.717) is 16.5 Å². The second-order valence-electron chi connectivity index (χ2n) is 4.39. The molecule has 21 heavy (non-hydrogen) atoms. The molecular formula is C15H11ClO5. The Balaban J connectivity index is 0.00000161. The smallest absolute Gasteiger partial charge is 0.402 e. The quantitative estimate of drug-likeness (QED) is 0.381. The van der Waals surface area contributed by atoms with Gasteiger partial charge in [-0.1, -0.05) is 0 Å². The molecule has 0 radical (unpaired) electrons. The number of phenolic OH excluding ortho intramolecular Hbond substituents is 3. The van der Waals surface area contributed by atoms with Crippen LogP contribution in [0.5, 0.6) is 23.0 Å². The monoisotopic (exact) mass is 306 g/mol. The Kier molecular flexibility index (Phi) is 3.78. The van der Waals surface area contributed by atoms with Crippen LogP contribution >= 0.6 is 0 Å². The summed E-state index contributed by atoms with van der Waals surface area (Å²) in [5, 5.41) is 38.9. The minimum Gasteiger partial charge on any atom is -1.00 e. The molecule has 0 amide bonds. The van der Waals surface area contributed by atoms with Gasteiger partial charge in [-0.25, -0.2) is 4.42 Å². The van der Waals surface area contributed by atoms with E-state index >= 15 is 0 Å². The van der Waals surface area contributed by atoms with Crippen molar-refractivity contribution in [1.82, 2.24) is 0 Å². The van der Waals surface area contributed by atoms with E-state index in [9.17, 15) is 20.4 Å². The highest BCUT2D eigenvalue weighted by Gasteiger charge is 2.22. The lowest BCUT2D eigenvalue weighted by atomic mass is 10.1. The molecule has 0 saturated heterocycles. The number of hydrogen-bond donors (Lipinski definition) is 4. The van der Waals surface area contributed by atoms with Gasteiger partial charge < -0.3 is 32.8 Å². The maximum Gasteiger partial charge on any atom is 0.402 e. The van der Waals surface area contributed by atoms with Gasteiger partial charge in [-0.3, -0.25) is 0 Å². The summed E-state index contributed by atoms with van der Waals surface area (Å²) in [5.41, 5.74) is 0.799. The highest BCUT2D eigenvalue weighted by molar-refractivity contribution is 5.83. The maximum atomic E-state index is 9.99. The fraction of sp³-hybridized carbons (Fsp3) is 0. The standard InChI is InChI=1S/C15H10O5.ClH/c16-10-3-1-8-5-13(19)15(20-14(8)7-10)9-2-4-11(17)12(18)6-9;/h1-7H,(H3-,16,17,18,19);1H. The first-order valence-corrected chi connectivity index (χ1v) is 5.86. The van der Waals surface area contributed by atoms with Crippen LogP contribution < -0.4 is 12.4 Å². The number of halogens is 1. The van der Waals surface area contributed by atoms with Gasteiger partial charge in [0.25, 0.3) is 0 Å². The van der Waals surface area contributed by atoms with Crippen molar-refractivity contribution in [1.29, 1.82) is 0 Å². The first kappa shape index (κ1) is 14.7. The molecule has 2 aromatic carbocycles. The number of benzene rings is 2. The minimum atomic E-state index is -0.312. The number of phenols is 3. The van der Waals surface area contributed by atoms with E-state index in [4.69, 9.17) is 4.42 Å². The van der Waals surface area contributed by atoms with Crippen molar-refractivity contribution in [3.8, 4) is 34.3 Å². The summed E-state index contributed by atoms with van der Waals surface area (Å²) < 4.78 is 5.55. The molecule has 3 rings (SSSR count). The van der Waals surface area contributed by atoms with Crippen molar-refractivity contribution in [3.63, 3.8) is 0 Å². The molecule has 3 aromatic rings. The van der Waals surface area contributed by atoms with Gasteiger partial charge in [-0.2, -0.15) is 0 Å². The number of hydrogen-bond acceptors (Lipinski definition) is 4. The van der Waals surface area contributed by atoms with Crippen molar-refractivity contribution < 1.29 is 37.3 Å². The fourth-order valence-corrected chi connectivity index (χ4v) is 1.98. The molecule has 0 bridgehead atoms. The average molecular weight is 307 g/mol. The highest BCUT2D eigenvalue weighted by Crippen LogP contribution is 2.37. The molecule has 0 spiro atoms. The Labute approximate surface area is 125 Å². The van der Waals surface area contributed by atoms with E-state index < -0.39 is 0 Å². The first-order chi connectivity index (χ1) is 9.54. The second-order valence-corrected chi connectivity index (χ2v) is 4.39. The Hall–Kier alpha value is -2.66. The average Bonchev–Trinajstić information content (AvgIpc) is 2.42.